The van der Waals surface area contributed by atoms with Gasteiger partial charge in [-0.15, -0.1) is 0 Å². The predicted molar refractivity (Wildman–Crippen MR) is 79.9 cm³/mol. The molecule has 1 aromatic carbocycles. The number of benzene rings is 1. The van der Waals surface area contributed by atoms with Gasteiger partial charge >= 0.3 is 0 Å². The lowest BCUT2D eigenvalue weighted by Gasteiger charge is -2.30. The largest absolute Gasteiger partial charge is 0.493 e. The molecule has 21 heavy (non-hydrogen) atoms. The molecule has 2 atom stereocenters. The van der Waals surface area contributed by atoms with Gasteiger partial charge < -0.3 is 19.3 Å². The van der Waals surface area contributed by atoms with Crippen molar-refractivity contribution in [2.24, 2.45) is 5.41 Å². The molecule has 5 heteroatoms. The number of nitriles is 1. The zero-order chi connectivity index (χ0) is 16.2. The number of rotatable bonds is 5. The molecule has 1 rings (SSSR count). The van der Waals surface area contributed by atoms with E-state index < -0.39 is 17.4 Å². The summed E-state index contributed by atoms with van der Waals surface area (Å²) >= 11 is 0. The molecule has 2 unspecified atom stereocenters. The van der Waals surface area contributed by atoms with Crippen LogP contribution in [0.2, 0.25) is 0 Å². The average Bonchev–Trinajstić information content (AvgIpc) is 2.45. The number of nitrogens with zero attached hydrogens (tertiary/aromatic N) is 1. The summed E-state index contributed by atoms with van der Waals surface area (Å²) in [5, 5.41) is 19.9. The second kappa shape index (κ2) is 6.68. The van der Waals surface area contributed by atoms with Crippen LogP contribution in [-0.2, 0) is 0 Å². The fraction of sp³-hybridized carbons (Fsp3) is 0.562. The molecule has 0 radical (unpaired) electrons. The summed E-state index contributed by atoms with van der Waals surface area (Å²) in [6.07, 6.45) is -0.838. The summed E-state index contributed by atoms with van der Waals surface area (Å²) in [5.74, 6) is 0.616. The molecule has 1 aromatic rings. The van der Waals surface area contributed by atoms with E-state index in [4.69, 9.17) is 14.2 Å². The molecule has 0 aliphatic carbocycles. The summed E-state index contributed by atoms with van der Waals surface area (Å²) in [4.78, 5) is 0. The van der Waals surface area contributed by atoms with Crippen LogP contribution in [0.4, 0.5) is 0 Å². The van der Waals surface area contributed by atoms with Crippen molar-refractivity contribution in [1.29, 1.82) is 5.26 Å². The van der Waals surface area contributed by atoms with Gasteiger partial charge in [0.2, 0.25) is 5.75 Å². The lowest BCUT2D eigenvalue weighted by molar-refractivity contribution is 0.0520. The summed E-state index contributed by atoms with van der Waals surface area (Å²) in [7, 11) is 4.53. The van der Waals surface area contributed by atoms with Crippen molar-refractivity contribution in [1.82, 2.24) is 0 Å². The van der Waals surface area contributed by atoms with Gasteiger partial charge in [0.25, 0.3) is 0 Å². The Bertz CT molecular complexity index is 528. The van der Waals surface area contributed by atoms with E-state index in [2.05, 4.69) is 6.07 Å². The number of ether oxygens (including phenoxy) is 3. The van der Waals surface area contributed by atoms with Gasteiger partial charge in [-0.3, -0.25) is 0 Å². The van der Waals surface area contributed by atoms with Crippen LogP contribution in [-0.4, -0.2) is 32.5 Å². The topological polar surface area (TPSA) is 71.7 Å². The first-order valence-electron chi connectivity index (χ1n) is 6.68. The van der Waals surface area contributed by atoms with Crippen molar-refractivity contribution in [2.45, 2.75) is 32.8 Å². The maximum absolute atomic E-state index is 10.5. The van der Waals surface area contributed by atoms with Crippen LogP contribution in [0.5, 0.6) is 17.2 Å². The zero-order valence-corrected chi connectivity index (χ0v) is 13.4. The molecule has 0 heterocycles. The first kappa shape index (κ1) is 17.1. The van der Waals surface area contributed by atoms with Crippen LogP contribution < -0.4 is 14.2 Å². The number of methoxy groups -OCH3 is 3. The Balaban J connectivity index is 3.45. The monoisotopic (exact) mass is 293 g/mol. The molecule has 5 nitrogen and oxygen atoms in total. The standard InChI is InChI=1S/C16H23NO4/c1-16(2,3)15(18)11(9-17)10-7-8-12(19-4)14(21-6)13(10)20-5/h7-8,11,15,18H,1-6H3. The Labute approximate surface area is 126 Å². The summed E-state index contributed by atoms with van der Waals surface area (Å²) in [5.41, 5.74) is 0.151. The van der Waals surface area contributed by atoms with Crippen LogP contribution in [0, 0.1) is 16.7 Å². The molecule has 0 saturated carbocycles. The fourth-order valence-corrected chi connectivity index (χ4v) is 2.18. The first-order chi connectivity index (χ1) is 9.81. The van der Waals surface area contributed by atoms with E-state index in [0.29, 0.717) is 22.8 Å². The maximum Gasteiger partial charge on any atom is 0.203 e. The van der Waals surface area contributed by atoms with Crippen LogP contribution in [0.3, 0.4) is 0 Å². The minimum Gasteiger partial charge on any atom is -0.493 e. The van der Waals surface area contributed by atoms with Gasteiger partial charge in [-0.2, -0.15) is 5.26 Å². The second-order valence-electron chi connectivity index (χ2n) is 5.84. The highest BCUT2D eigenvalue weighted by atomic mass is 16.5. The third kappa shape index (κ3) is 3.40. The Morgan fingerprint density at radius 1 is 1.05 bits per heavy atom. The second-order valence-corrected chi connectivity index (χ2v) is 5.84. The minimum atomic E-state index is -0.838. The van der Waals surface area contributed by atoms with Crippen LogP contribution in [0.25, 0.3) is 0 Å². The molecule has 0 fully saturated rings. The van der Waals surface area contributed by atoms with Gasteiger partial charge in [-0.25, -0.2) is 0 Å². The van der Waals surface area contributed by atoms with Crippen molar-refractivity contribution >= 4 is 0 Å². The van der Waals surface area contributed by atoms with Gasteiger partial charge in [-0.1, -0.05) is 20.8 Å². The SMILES string of the molecule is COc1ccc(C(C#N)C(O)C(C)(C)C)c(OC)c1OC. The third-order valence-corrected chi connectivity index (χ3v) is 3.41. The Hall–Kier alpha value is -1.93. The highest BCUT2D eigenvalue weighted by Gasteiger charge is 2.34. The Kier molecular flexibility index (Phi) is 5.45. The highest BCUT2D eigenvalue weighted by Crippen LogP contribution is 2.44. The molecule has 116 valence electrons. The van der Waals surface area contributed by atoms with Gasteiger partial charge in [0.1, 0.15) is 5.92 Å². The third-order valence-electron chi connectivity index (χ3n) is 3.41. The lowest BCUT2D eigenvalue weighted by atomic mass is 9.78. The first-order valence-corrected chi connectivity index (χ1v) is 6.68. The summed E-state index contributed by atoms with van der Waals surface area (Å²) < 4.78 is 15.9. The summed E-state index contributed by atoms with van der Waals surface area (Å²) in [6, 6.07) is 5.59. The molecular weight excluding hydrogens is 270 g/mol. The lowest BCUT2D eigenvalue weighted by Crippen LogP contribution is -2.32. The maximum atomic E-state index is 10.5. The zero-order valence-electron chi connectivity index (χ0n) is 13.4. The van der Waals surface area contributed by atoms with Gasteiger partial charge in [0, 0.05) is 5.56 Å². The van der Waals surface area contributed by atoms with Crippen LogP contribution in [0.1, 0.15) is 32.3 Å². The Morgan fingerprint density at radius 3 is 2.00 bits per heavy atom. The average molecular weight is 293 g/mol. The number of aliphatic hydroxyl groups excluding tert-OH is 1. The van der Waals surface area contributed by atoms with Crippen molar-refractivity contribution < 1.29 is 19.3 Å². The van der Waals surface area contributed by atoms with Gasteiger partial charge in [-0.05, 0) is 17.5 Å². The molecule has 0 aromatic heterocycles. The fourth-order valence-electron chi connectivity index (χ4n) is 2.18. The van der Waals surface area contributed by atoms with Crippen molar-refractivity contribution in [3.05, 3.63) is 17.7 Å². The van der Waals surface area contributed by atoms with Crippen molar-refractivity contribution in [3.63, 3.8) is 0 Å². The van der Waals surface area contributed by atoms with E-state index in [9.17, 15) is 10.4 Å². The van der Waals surface area contributed by atoms with E-state index >= 15 is 0 Å². The van der Waals surface area contributed by atoms with E-state index in [1.54, 1.807) is 12.1 Å². The number of hydrogen-bond donors (Lipinski definition) is 1. The highest BCUT2D eigenvalue weighted by molar-refractivity contribution is 5.58. The molecule has 0 aliphatic heterocycles. The molecular formula is C16H23NO4. The van der Waals surface area contributed by atoms with Gasteiger partial charge in [0.15, 0.2) is 11.5 Å². The van der Waals surface area contributed by atoms with E-state index in [-0.39, 0.29) is 0 Å². The van der Waals surface area contributed by atoms with E-state index in [0.717, 1.165) is 0 Å². The molecule has 0 amide bonds. The van der Waals surface area contributed by atoms with E-state index in [1.807, 2.05) is 20.8 Å². The quantitative estimate of drug-likeness (QED) is 0.903. The summed E-state index contributed by atoms with van der Waals surface area (Å²) in [6.45, 7) is 5.65. The number of aliphatic hydroxyl groups is 1. The van der Waals surface area contributed by atoms with Crippen LogP contribution in [0.15, 0.2) is 12.1 Å². The number of hydrogen-bond acceptors (Lipinski definition) is 5. The molecule has 0 saturated heterocycles. The molecule has 0 spiro atoms. The predicted octanol–water partition coefficient (Wildman–Crippen LogP) is 2.73. The smallest absolute Gasteiger partial charge is 0.203 e. The van der Waals surface area contributed by atoms with Crippen LogP contribution >= 0.6 is 0 Å². The molecule has 1 N–H and O–H groups in total. The van der Waals surface area contributed by atoms with E-state index in [1.165, 1.54) is 21.3 Å². The normalized spacial score (nSPS) is 14.0. The Morgan fingerprint density at radius 2 is 1.62 bits per heavy atom. The minimum absolute atomic E-state index is 0.409. The van der Waals surface area contributed by atoms with Crippen molar-refractivity contribution in [3.8, 4) is 23.3 Å². The molecule has 0 aliphatic rings. The van der Waals surface area contributed by atoms with Crippen molar-refractivity contribution in [2.75, 3.05) is 21.3 Å². The molecule has 0 bridgehead atoms. The van der Waals surface area contributed by atoms with Gasteiger partial charge in [0.05, 0.1) is 33.5 Å².